The lowest BCUT2D eigenvalue weighted by atomic mass is 10.0. The van der Waals surface area contributed by atoms with Crippen LogP contribution in [0, 0.1) is 0 Å². The highest BCUT2D eigenvalue weighted by Crippen LogP contribution is 2.31. The molecule has 26 heavy (non-hydrogen) atoms. The summed E-state index contributed by atoms with van der Waals surface area (Å²) in [6.45, 7) is 2.46. The number of amides is 2. The van der Waals surface area contributed by atoms with Crippen molar-refractivity contribution in [2.45, 2.75) is 19.4 Å². The molecule has 1 aliphatic heterocycles. The number of piperazine rings is 1. The normalized spacial score (nSPS) is 17.3. The lowest BCUT2D eigenvalue weighted by Gasteiger charge is -2.40. The monoisotopic (exact) mass is 416 g/mol. The van der Waals surface area contributed by atoms with E-state index < -0.39 is 6.04 Å². The highest BCUT2D eigenvalue weighted by atomic mass is 79.9. The molecule has 1 atom stereocenters. The van der Waals surface area contributed by atoms with Crippen molar-refractivity contribution in [3.05, 3.63) is 58.6 Å². The maximum absolute atomic E-state index is 13.3. The van der Waals surface area contributed by atoms with E-state index in [4.69, 9.17) is 4.74 Å². The fourth-order valence-electron chi connectivity index (χ4n) is 3.33. The summed E-state index contributed by atoms with van der Waals surface area (Å²) in [4.78, 5) is 28.8. The molecule has 2 amide bonds. The molecule has 1 aliphatic rings. The topological polar surface area (TPSA) is 49.9 Å². The van der Waals surface area contributed by atoms with E-state index in [-0.39, 0.29) is 11.8 Å². The largest absolute Gasteiger partial charge is 0.495 e. The second-order valence-electron chi connectivity index (χ2n) is 6.19. The zero-order valence-electron chi connectivity index (χ0n) is 14.8. The fraction of sp³-hybridized carbons (Fsp3) is 0.300. The molecular weight excluding hydrogens is 396 g/mol. The molecule has 3 rings (SSSR count). The van der Waals surface area contributed by atoms with E-state index in [0.717, 1.165) is 15.7 Å². The molecule has 0 N–H and O–H groups in total. The number of anilines is 1. The fourth-order valence-corrected chi connectivity index (χ4v) is 3.77. The second kappa shape index (κ2) is 7.91. The molecule has 0 aliphatic carbocycles. The van der Waals surface area contributed by atoms with E-state index in [9.17, 15) is 9.59 Å². The molecule has 0 spiro atoms. The summed E-state index contributed by atoms with van der Waals surface area (Å²) in [5.74, 6) is 0.471. The van der Waals surface area contributed by atoms with Crippen molar-refractivity contribution in [3.8, 4) is 5.75 Å². The summed E-state index contributed by atoms with van der Waals surface area (Å²) >= 11 is 3.53. The average Bonchev–Trinajstić information content (AvgIpc) is 2.64. The number of nitrogens with zero attached hydrogens (tertiary/aromatic N) is 2. The smallest absolute Gasteiger partial charge is 0.250 e. The van der Waals surface area contributed by atoms with Gasteiger partial charge in [-0.25, -0.2) is 0 Å². The van der Waals surface area contributed by atoms with Crippen LogP contribution in [0.15, 0.2) is 53.0 Å². The first kappa shape index (κ1) is 18.5. The predicted molar refractivity (Wildman–Crippen MR) is 104 cm³/mol. The number of hydrogen-bond acceptors (Lipinski definition) is 3. The Morgan fingerprint density at radius 1 is 1.15 bits per heavy atom. The predicted octanol–water partition coefficient (Wildman–Crippen LogP) is 3.26. The van der Waals surface area contributed by atoms with Crippen LogP contribution in [0.5, 0.6) is 5.75 Å². The van der Waals surface area contributed by atoms with Gasteiger partial charge in [0.05, 0.1) is 12.8 Å². The Balaban J connectivity index is 1.94. The lowest BCUT2D eigenvalue weighted by molar-refractivity contribution is -0.139. The van der Waals surface area contributed by atoms with Crippen molar-refractivity contribution in [2.24, 2.45) is 0 Å². The van der Waals surface area contributed by atoms with Gasteiger partial charge in [0.1, 0.15) is 11.8 Å². The molecule has 1 fully saturated rings. The van der Waals surface area contributed by atoms with E-state index in [2.05, 4.69) is 15.9 Å². The maximum atomic E-state index is 13.3. The van der Waals surface area contributed by atoms with Gasteiger partial charge < -0.3 is 14.5 Å². The highest BCUT2D eigenvalue weighted by Gasteiger charge is 2.37. The molecule has 0 radical (unpaired) electrons. The van der Waals surface area contributed by atoms with Crippen LogP contribution in [0.25, 0.3) is 0 Å². The molecule has 1 saturated heterocycles. The summed E-state index contributed by atoms with van der Waals surface area (Å²) in [6.07, 6.45) is 0.464. The molecule has 6 heteroatoms. The molecule has 0 bridgehead atoms. The molecule has 136 valence electrons. The number of carbonyl (C=O) groups excluding carboxylic acids is 2. The van der Waals surface area contributed by atoms with Gasteiger partial charge in [-0.3, -0.25) is 9.59 Å². The number of benzene rings is 2. The van der Waals surface area contributed by atoms with E-state index in [1.807, 2.05) is 48.5 Å². The third-order valence-electron chi connectivity index (χ3n) is 4.64. The molecule has 2 aromatic carbocycles. The molecule has 1 heterocycles. The first-order chi connectivity index (χ1) is 12.5. The number of carbonyl (C=O) groups is 2. The number of halogens is 1. The number of rotatable bonds is 4. The van der Waals surface area contributed by atoms with Crippen LogP contribution in [0.1, 0.15) is 12.5 Å². The summed E-state index contributed by atoms with van der Waals surface area (Å²) in [7, 11) is 1.59. The van der Waals surface area contributed by atoms with Crippen LogP contribution in [-0.2, 0) is 16.0 Å². The Morgan fingerprint density at radius 2 is 1.85 bits per heavy atom. The summed E-state index contributed by atoms with van der Waals surface area (Å²) in [5.41, 5.74) is 1.74. The van der Waals surface area contributed by atoms with Crippen LogP contribution >= 0.6 is 15.9 Å². The molecule has 2 aromatic rings. The molecule has 5 nitrogen and oxygen atoms in total. The Bertz CT molecular complexity index is 824. The number of hydrogen-bond donors (Lipinski definition) is 0. The van der Waals surface area contributed by atoms with Gasteiger partial charge in [0.25, 0.3) is 0 Å². The minimum atomic E-state index is -0.537. The van der Waals surface area contributed by atoms with Gasteiger partial charge in [-0.05, 0) is 23.8 Å². The van der Waals surface area contributed by atoms with E-state index in [0.29, 0.717) is 25.3 Å². The van der Waals surface area contributed by atoms with Crippen molar-refractivity contribution >= 4 is 33.4 Å². The Hall–Kier alpha value is -2.34. The SMILES string of the molecule is COc1ccccc1N1CCN(C(C)=O)[C@@H](Cc2ccccc2Br)C1=O. The minimum Gasteiger partial charge on any atom is -0.495 e. The summed E-state index contributed by atoms with van der Waals surface area (Å²) < 4.78 is 6.35. The Labute approximate surface area is 161 Å². The number of methoxy groups -OCH3 is 1. The van der Waals surface area contributed by atoms with E-state index in [1.54, 1.807) is 16.9 Å². The quantitative estimate of drug-likeness (QED) is 0.768. The van der Waals surface area contributed by atoms with Gasteiger partial charge in [0, 0.05) is 30.9 Å². The minimum absolute atomic E-state index is 0.0879. The summed E-state index contributed by atoms with van der Waals surface area (Å²) in [5, 5.41) is 0. The number of para-hydroxylation sites is 2. The second-order valence-corrected chi connectivity index (χ2v) is 7.04. The third-order valence-corrected chi connectivity index (χ3v) is 5.42. The van der Waals surface area contributed by atoms with Gasteiger partial charge in [-0.15, -0.1) is 0 Å². The van der Waals surface area contributed by atoms with Crippen LogP contribution in [0.4, 0.5) is 5.69 Å². The van der Waals surface area contributed by atoms with Crippen LogP contribution < -0.4 is 9.64 Å². The van der Waals surface area contributed by atoms with E-state index >= 15 is 0 Å². The lowest BCUT2D eigenvalue weighted by Crippen LogP contribution is -2.59. The highest BCUT2D eigenvalue weighted by molar-refractivity contribution is 9.10. The van der Waals surface area contributed by atoms with Gasteiger partial charge in [-0.1, -0.05) is 46.3 Å². The molecule has 0 aromatic heterocycles. The van der Waals surface area contributed by atoms with Crippen molar-refractivity contribution < 1.29 is 14.3 Å². The zero-order valence-corrected chi connectivity index (χ0v) is 16.4. The Morgan fingerprint density at radius 3 is 2.54 bits per heavy atom. The first-order valence-electron chi connectivity index (χ1n) is 8.48. The van der Waals surface area contributed by atoms with Crippen molar-refractivity contribution in [3.63, 3.8) is 0 Å². The maximum Gasteiger partial charge on any atom is 0.250 e. The molecule has 0 unspecified atom stereocenters. The van der Waals surface area contributed by atoms with E-state index in [1.165, 1.54) is 6.92 Å². The van der Waals surface area contributed by atoms with Gasteiger partial charge in [-0.2, -0.15) is 0 Å². The van der Waals surface area contributed by atoms with Crippen LogP contribution in [-0.4, -0.2) is 43.0 Å². The van der Waals surface area contributed by atoms with Crippen LogP contribution in [0.3, 0.4) is 0 Å². The van der Waals surface area contributed by atoms with Gasteiger partial charge in [0.15, 0.2) is 0 Å². The zero-order chi connectivity index (χ0) is 18.7. The van der Waals surface area contributed by atoms with Gasteiger partial charge in [0.2, 0.25) is 11.8 Å². The molecule has 0 saturated carbocycles. The molecular formula is C20H21BrN2O3. The average molecular weight is 417 g/mol. The third kappa shape index (κ3) is 3.60. The standard InChI is InChI=1S/C20H21BrN2O3/c1-14(24)22-11-12-23(17-9-5-6-10-19(17)26-2)20(25)18(22)13-15-7-3-4-8-16(15)21/h3-10,18H,11-13H2,1-2H3/t18-/m0/s1. The van der Waals surface area contributed by atoms with Crippen molar-refractivity contribution in [2.75, 3.05) is 25.1 Å². The van der Waals surface area contributed by atoms with Crippen molar-refractivity contribution in [1.29, 1.82) is 0 Å². The van der Waals surface area contributed by atoms with Crippen LogP contribution in [0.2, 0.25) is 0 Å². The van der Waals surface area contributed by atoms with Crippen molar-refractivity contribution in [1.82, 2.24) is 4.90 Å². The Kier molecular flexibility index (Phi) is 5.61. The summed E-state index contributed by atoms with van der Waals surface area (Å²) in [6, 6.07) is 14.7. The first-order valence-corrected chi connectivity index (χ1v) is 9.27. The van der Waals surface area contributed by atoms with Gasteiger partial charge >= 0.3 is 0 Å². The number of ether oxygens (including phenoxy) is 1.